The average Bonchev–Trinajstić information content (AvgIpc) is 2.73. The van der Waals surface area contributed by atoms with Crippen LogP contribution in [0, 0.1) is 0 Å². The van der Waals surface area contributed by atoms with Gasteiger partial charge in [0.1, 0.15) is 0 Å². The third-order valence-electron chi connectivity index (χ3n) is 3.50. The topological polar surface area (TPSA) is 68.3 Å². The number of morpholine rings is 1. The van der Waals surface area contributed by atoms with E-state index < -0.39 is 0 Å². The molecule has 1 aromatic rings. The van der Waals surface area contributed by atoms with E-state index in [4.69, 9.17) is 10.6 Å². The van der Waals surface area contributed by atoms with Crippen molar-refractivity contribution in [3.63, 3.8) is 0 Å². The minimum atomic E-state index is -0.0680. The Balaban J connectivity index is 2.13. The van der Waals surface area contributed by atoms with Crippen LogP contribution in [-0.4, -0.2) is 47.0 Å². The molecule has 6 nitrogen and oxygen atoms in total. The van der Waals surface area contributed by atoms with Crippen molar-refractivity contribution < 1.29 is 4.74 Å². The van der Waals surface area contributed by atoms with Gasteiger partial charge in [-0.3, -0.25) is 15.4 Å². The van der Waals surface area contributed by atoms with E-state index in [1.54, 1.807) is 6.20 Å². The van der Waals surface area contributed by atoms with Gasteiger partial charge in [-0.2, -0.15) is 5.10 Å². The minimum absolute atomic E-state index is 0.0389. The van der Waals surface area contributed by atoms with Gasteiger partial charge in [-0.15, -0.1) is 0 Å². The highest BCUT2D eigenvalue weighted by atomic mass is 79.9. The third kappa shape index (κ3) is 3.35. The Bertz CT molecular complexity index is 389. The van der Waals surface area contributed by atoms with Crippen molar-refractivity contribution in [2.45, 2.75) is 25.5 Å². The molecule has 2 rings (SSSR count). The van der Waals surface area contributed by atoms with Gasteiger partial charge in [0.05, 0.1) is 35.1 Å². The zero-order valence-electron chi connectivity index (χ0n) is 11.5. The van der Waals surface area contributed by atoms with Gasteiger partial charge in [-0.25, -0.2) is 5.43 Å². The molecule has 0 spiro atoms. The van der Waals surface area contributed by atoms with Crippen LogP contribution in [0.1, 0.15) is 25.1 Å². The number of aromatic nitrogens is 2. The van der Waals surface area contributed by atoms with Crippen LogP contribution < -0.4 is 11.3 Å². The summed E-state index contributed by atoms with van der Waals surface area (Å²) in [5, 5.41) is 4.24. The summed E-state index contributed by atoms with van der Waals surface area (Å²) in [6.45, 7) is 5.93. The Morgan fingerprint density at radius 3 is 3.05 bits per heavy atom. The highest BCUT2D eigenvalue weighted by Crippen LogP contribution is 2.27. The first kappa shape index (κ1) is 14.9. The second kappa shape index (κ2) is 6.81. The summed E-state index contributed by atoms with van der Waals surface area (Å²) in [7, 11) is 1.91. The maximum absolute atomic E-state index is 5.90. The second-order valence-electron chi connectivity index (χ2n) is 4.86. The summed E-state index contributed by atoms with van der Waals surface area (Å²) in [6, 6.07) is -0.0680. The van der Waals surface area contributed by atoms with Crippen LogP contribution in [0.25, 0.3) is 0 Å². The molecule has 1 aromatic heterocycles. The van der Waals surface area contributed by atoms with Gasteiger partial charge >= 0.3 is 0 Å². The van der Waals surface area contributed by atoms with E-state index in [0.29, 0.717) is 0 Å². The first-order valence-corrected chi connectivity index (χ1v) is 7.44. The van der Waals surface area contributed by atoms with Crippen LogP contribution in [0.3, 0.4) is 0 Å². The number of aryl methyl sites for hydroxylation is 1. The molecule has 0 aliphatic carbocycles. The van der Waals surface area contributed by atoms with Crippen molar-refractivity contribution >= 4 is 15.9 Å². The van der Waals surface area contributed by atoms with Crippen molar-refractivity contribution in [1.82, 2.24) is 20.1 Å². The Hall–Kier alpha value is -0.470. The van der Waals surface area contributed by atoms with Gasteiger partial charge in [0, 0.05) is 20.1 Å². The van der Waals surface area contributed by atoms with E-state index in [0.717, 1.165) is 42.8 Å². The molecular weight excluding hydrogens is 310 g/mol. The lowest BCUT2D eigenvalue weighted by Crippen LogP contribution is -2.50. The molecular formula is C12H22BrN5O. The summed E-state index contributed by atoms with van der Waals surface area (Å²) >= 11 is 3.52. The van der Waals surface area contributed by atoms with E-state index in [2.05, 4.69) is 38.3 Å². The molecule has 1 fully saturated rings. The summed E-state index contributed by atoms with van der Waals surface area (Å²) in [6.07, 6.45) is 2.98. The quantitative estimate of drug-likeness (QED) is 0.617. The molecule has 2 atom stereocenters. The van der Waals surface area contributed by atoms with Crippen molar-refractivity contribution in [1.29, 1.82) is 0 Å². The maximum atomic E-state index is 5.90. The van der Waals surface area contributed by atoms with Crippen LogP contribution in [-0.2, 0) is 11.8 Å². The normalized spacial score (nSPS) is 22.6. The number of nitrogens with two attached hydrogens (primary N) is 1. The number of hydrogen-bond donors (Lipinski definition) is 2. The first-order chi connectivity index (χ1) is 9.17. The molecule has 0 radical (unpaired) electrons. The monoisotopic (exact) mass is 331 g/mol. The standard InChI is InChI=1S/C12H22BrN5O/c1-3-4-18-5-6-19-10(8-18)11(16-14)12-9(13)7-15-17(12)2/h7,10-11,16H,3-6,8,14H2,1-2H3. The van der Waals surface area contributed by atoms with E-state index >= 15 is 0 Å². The van der Waals surface area contributed by atoms with Crippen LogP contribution >= 0.6 is 15.9 Å². The van der Waals surface area contributed by atoms with Crippen molar-refractivity contribution in [2.24, 2.45) is 12.9 Å². The number of hydrogen-bond acceptors (Lipinski definition) is 5. The lowest BCUT2D eigenvalue weighted by Gasteiger charge is -2.36. The maximum Gasteiger partial charge on any atom is 0.0925 e. The highest BCUT2D eigenvalue weighted by Gasteiger charge is 2.31. The predicted octanol–water partition coefficient (Wildman–Crippen LogP) is 0.798. The van der Waals surface area contributed by atoms with Crippen LogP contribution in [0.4, 0.5) is 0 Å². The largest absolute Gasteiger partial charge is 0.373 e. The average molecular weight is 332 g/mol. The van der Waals surface area contributed by atoms with E-state index in [1.165, 1.54) is 0 Å². The summed E-state index contributed by atoms with van der Waals surface area (Å²) in [5.74, 6) is 5.74. The zero-order chi connectivity index (χ0) is 13.8. The molecule has 1 aliphatic rings. The number of hydrazine groups is 1. The fourth-order valence-corrected chi connectivity index (χ4v) is 3.18. The Morgan fingerprint density at radius 1 is 1.68 bits per heavy atom. The lowest BCUT2D eigenvalue weighted by atomic mass is 10.1. The summed E-state index contributed by atoms with van der Waals surface area (Å²) < 4.78 is 8.68. The molecule has 3 N–H and O–H groups in total. The van der Waals surface area contributed by atoms with Crippen molar-refractivity contribution in [3.8, 4) is 0 Å². The molecule has 2 heterocycles. The number of nitrogens with one attached hydrogen (secondary N) is 1. The molecule has 0 bridgehead atoms. The van der Waals surface area contributed by atoms with Gasteiger partial charge in [0.15, 0.2) is 0 Å². The van der Waals surface area contributed by atoms with Gasteiger partial charge in [0.25, 0.3) is 0 Å². The molecule has 108 valence electrons. The van der Waals surface area contributed by atoms with Crippen LogP contribution in [0.2, 0.25) is 0 Å². The van der Waals surface area contributed by atoms with Crippen LogP contribution in [0.5, 0.6) is 0 Å². The number of nitrogens with zero attached hydrogens (tertiary/aromatic N) is 3. The van der Waals surface area contributed by atoms with Gasteiger partial charge in [-0.1, -0.05) is 6.92 Å². The predicted molar refractivity (Wildman–Crippen MR) is 77.4 cm³/mol. The molecule has 0 saturated carbocycles. The summed E-state index contributed by atoms with van der Waals surface area (Å²) in [5.41, 5.74) is 3.90. The molecule has 1 saturated heterocycles. The van der Waals surface area contributed by atoms with E-state index in [9.17, 15) is 0 Å². The fraction of sp³-hybridized carbons (Fsp3) is 0.750. The number of halogens is 1. The smallest absolute Gasteiger partial charge is 0.0925 e. The molecule has 0 amide bonds. The van der Waals surface area contributed by atoms with Gasteiger partial charge < -0.3 is 4.74 Å². The minimum Gasteiger partial charge on any atom is -0.373 e. The Morgan fingerprint density at radius 2 is 2.47 bits per heavy atom. The molecule has 7 heteroatoms. The van der Waals surface area contributed by atoms with Crippen molar-refractivity contribution in [3.05, 3.63) is 16.4 Å². The lowest BCUT2D eigenvalue weighted by molar-refractivity contribution is -0.0484. The highest BCUT2D eigenvalue weighted by molar-refractivity contribution is 9.10. The van der Waals surface area contributed by atoms with Crippen molar-refractivity contribution in [2.75, 3.05) is 26.2 Å². The summed E-state index contributed by atoms with van der Waals surface area (Å²) in [4.78, 5) is 2.42. The van der Waals surface area contributed by atoms with E-state index in [1.807, 2.05) is 11.7 Å². The Kier molecular flexibility index (Phi) is 5.35. The fourth-order valence-electron chi connectivity index (χ4n) is 2.58. The first-order valence-electron chi connectivity index (χ1n) is 6.64. The SMILES string of the molecule is CCCN1CCOC(C(NN)c2c(Br)cnn2C)C1. The Labute approximate surface area is 122 Å². The molecule has 19 heavy (non-hydrogen) atoms. The molecule has 0 aromatic carbocycles. The van der Waals surface area contributed by atoms with E-state index in [-0.39, 0.29) is 12.1 Å². The third-order valence-corrected chi connectivity index (χ3v) is 4.11. The van der Waals surface area contributed by atoms with Crippen LogP contribution in [0.15, 0.2) is 10.7 Å². The number of ether oxygens (including phenoxy) is 1. The zero-order valence-corrected chi connectivity index (χ0v) is 13.1. The van der Waals surface area contributed by atoms with Gasteiger partial charge in [-0.05, 0) is 28.9 Å². The molecule has 2 unspecified atom stereocenters. The second-order valence-corrected chi connectivity index (χ2v) is 5.71. The number of rotatable bonds is 5. The molecule has 1 aliphatic heterocycles. The van der Waals surface area contributed by atoms with Gasteiger partial charge in [0.2, 0.25) is 0 Å².